The number of piperidine rings is 1. The van der Waals surface area contributed by atoms with Crippen LogP contribution in [0, 0.1) is 5.41 Å². The maximum Gasteiger partial charge on any atom is 0.275 e. The van der Waals surface area contributed by atoms with Crippen molar-refractivity contribution >= 4 is 16.8 Å². The molecule has 6 heteroatoms. The first-order valence-electron chi connectivity index (χ1n) is 8.93. The Morgan fingerprint density at radius 2 is 2.12 bits per heavy atom. The maximum absolute atomic E-state index is 13.0. The molecule has 0 unspecified atom stereocenters. The van der Waals surface area contributed by atoms with E-state index in [-0.39, 0.29) is 17.4 Å². The molecule has 2 fully saturated rings. The number of benzene rings is 1. The lowest BCUT2D eigenvalue weighted by molar-refractivity contribution is 0.0280. The average molecular weight is 343 g/mol. The number of methoxy groups -OCH3 is 1. The fourth-order valence-corrected chi connectivity index (χ4v) is 4.24. The third-order valence-corrected chi connectivity index (χ3v) is 5.71. The fraction of sp³-hybridized carbons (Fsp3) is 0.579. The second-order valence-corrected chi connectivity index (χ2v) is 7.37. The van der Waals surface area contributed by atoms with Crippen LogP contribution in [0.3, 0.4) is 0 Å². The predicted octanol–water partition coefficient (Wildman–Crippen LogP) is 2.23. The topological polar surface area (TPSA) is 56.6 Å². The smallest absolute Gasteiger partial charge is 0.275 e. The van der Waals surface area contributed by atoms with Gasteiger partial charge in [-0.05, 0) is 30.7 Å². The van der Waals surface area contributed by atoms with Gasteiger partial charge in [-0.2, -0.15) is 5.10 Å². The van der Waals surface area contributed by atoms with E-state index in [2.05, 4.69) is 5.10 Å². The van der Waals surface area contributed by atoms with Crippen LogP contribution in [-0.2, 0) is 16.5 Å². The summed E-state index contributed by atoms with van der Waals surface area (Å²) >= 11 is 0. The first-order chi connectivity index (χ1) is 12.1. The van der Waals surface area contributed by atoms with Crippen LogP contribution in [0.25, 0.3) is 10.9 Å². The number of carbonyl (C=O) groups excluding carboxylic acids is 1. The highest BCUT2D eigenvalue weighted by Gasteiger charge is 2.43. The zero-order valence-electron chi connectivity index (χ0n) is 14.9. The summed E-state index contributed by atoms with van der Waals surface area (Å²) in [6.45, 7) is 2.99. The van der Waals surface area contributed by atoms with Crippen LogP contribution >= 0.6 is 0 Å². The van der Waals surface area contributed by atoms with Gasteiger partial charge < -0.3 is 14.4 Å². The van der Waals surface area contributed by atoms with Gasteiger partial charge in [0.05, 0.1) is 24.8 Å². The number of hydrogen-bond acceptors (Lipinski definition) is 4. The number of aromatic nitrogens is 2. The molecule has 134 valence electrons. The number of carbonyl (C=O) groups is 1. The van der Waals surface area contributed by atoms with Gasteiger partial charge in [0.25, 0.3) is 5.91 Å². The van der Waals surface area contributed by atoms with E-state index in [9.17, 15) is 4.79 Å². The minimum Gasteiger partial charge on any atom is -0.382 e. The molecule has 0 saturated carbocycles. The van der Waals surface area contributed by atoms with Crippen molar-refractivity contribution in [2.45, 2.75) is 25.4 Å². The van der Waals surface area contributed by atoms with Crippen molar-refractivity contribution in [1.29, 1.82) is 0 Å². The molecule has 2 saturated heterocycles. The summed E-state index contributed by atoms with van der Waals surface area (Å²) in [4.78, 5) is 14.9. The highest BCUT2D eigenvalue weighted by molar-refractivity contribution is 6.04. The van der Waals surface area contributed by atoms with E-state index in [0.717, 1.165) is 49.9 Å². The summed E-state index contributed by atoms with van der Waals surface area (Å²) in [5, 5.41) is 5.40. The molecule has 0 radical (unpaired) electrons. The molecule has 1 amide bonds. The van der Waals surface area contributed by atoms with Crippen LogP contribution < -0.4 is 0 Å². The Labute approximate surface area is 147 Å². The Morgan fingerprint density at radius 3 is 2.88 bits per heavy atom. The highest BCUT2D eigenvalue weighted by Crippen LogP contribution is 2.42. The lowest BCUT2D eigenvalue weighted by Gasteiger charge is -2.38. The molecular weight excluding hydrogens is 318 g/mol. The number of nitrogens with zero attached hydrogens (tertiary/aromatic N) is 3. The zero-order valence-corrected chi connectivity index (χ0v) is 14.9. The summed E-state index contributed by atoms with van der Waals surface area (Å²) in [6, 6.07) is 7.90. The molecule has 0 aliphatic carbocycles. The Morgan fingerprint density at radius 1 is 1.36 bits per heavy atom. The fourth-order valence-electron chi connectivity index (χ4n) is 4.24. The van der Waals surface area contributed by atoms with Gasteiger partial charge in [0.15, 0.2) is 5.69 Å². The molecule has 1 aromatic heterocycles. The van der Waals surface area contributed by atoms with E-state index in [4.69, 9.17) is 9.47 Å². The summed E-state index contributed by atoms with van der Waals surface area (Å²) in [5.74, 6) is 0.0407. The van der Waals surface area contributed by atoms with Crippen LogP contribution in [0.2, 0.25) is 0 Å². The van der Waals surface area contributed by atoms with E-state index in [1.54, 1.807) is 11.8 Å². The van der Waals surface area contributed by atoms with Crippen LogP contribution in [0.5, 0.6) is 0 Å². The third-order valence-electron chi connectivity index (χ3n) is 5.71. The lowest BCUT2D eigenvalue weighted by atomic mass is 9.76. The molecule has 1 atom stereocenters. The molecule has 6 nitrogen and oxygen atoms in total. The van der Waals surface area contributed by atoms with Crippen LogP contribution in [-0.4, -0.2) is 60.1 Å². The van der Waals surface area contributed by atoms with Gasteiger partial charge in [0.2, 0.25) is 0 Å². The van der Waals surface area contributed by atoms with Crippen molar-refractivity contribution in [2.24, 2.45) is 12.5 Å². The van der Waals surface area contributed by atoms with Gasteiger partial charge >= 0.3 is 0 Å². The zero-order chi connectivity index (χ0) is 17.4. The van der Waals surface area contributed by atoms with Gasteiger partial charge in [0, 0.05) is 32.6 Å². The maximum atomic E-state index is 13.0. The molecule has 3 heterocycles. The van der Waals surface area contributed by atoms with Crippen molar-refractivity contribution in [3.63, 3.8) is 0 Å². The van der Waals surface area contributed by atoms with Gasteiger partial charge in [-0.15, -0.1) is 0 Å². The number of hydrogen-bond donors (Lipinski definition) is 0. The normalized spacial score (nSPS) is 22.8. The second kappa shape index (κ2) is 6.42. The van der Waals surface area contributed by atoms with Gasteiger partial charge in [-0.1, -0.05) is 18.2 Å². The minimum absolute atomic E-state index is 0.0407. The van der Waals surface area contributed by atoms with Gasteiger partial charge in [-0.3, -0.25) is 9.48 Å². The summed E-state index contributed by atoms with van der Waals surface area (Å²) < 4.78 is 12.9. The average Bonchev–Trinajstić information content (AvgIpc) is 3.18. The summed E-state index contributed by atoms with van der Waals surface area (Å²) in [7, 11) is 3.60. The number of likely N-dealkylation sites (tertiary alicyclic amines) is 1. The van der Waals surface area contributed by atoms with E-state index >= 15 is 0 Å². The Balaban J connectivity index is 1.46. The first-order valence-corrected chi connectivity index (χ1v) is 8.93. The molecule has 1 aromatic carbocycles. The van der Waals surface area contributed by atoms with E-state index in [0.29, 0.717) is 12.3 Å². The Bertz CT molecular complexity index is 777. The monoisotopic (exact) mass is 343 g/mol. The number of aryl methyl sites for hydroxylation is 1. The van der Waals surface area contributed by atoms with Crippen LogP contribution in [0.1, 0.15) is 29.8 Å². The Hall–Kier alpha value is -1.92. The first kappa shape index (κ1) is 16.5. The molecule has 4 rings (SSSR count). The van der Waals surface area contributed by atoms with E-state index in [1.165, 1.54) is 0 Å². The summed E-state index contributed by atoms with van der Waals surface area (Å²) in [5.41, 5.74) is 1.77. The second-order valence-electron chi connectivity index (χ2n) is 7.37. The number of ether oxygens (including phenoxy) is 2. The number of fused-ring (bicyclic) bond motifs is 1. The van der Waals surface area contributed by atoms with E-state index in [1.807, 2.05) is 36.2 Å². The lowest BCUT2D eigenvalue weighted by Crippen LogP contribution is -2.43. The SMILES string of the molecule is COC[C@@H]1CC2(CCN(C(=O)c3nn(C)c4ccccc34)CC2)CO1. The van der Waals surface area contributed by atoms with Crippen molar-refractivity contribution in [2.75, 3.05) is 33.4 Å². The number of amides is 1. The molecule has 0 bridgehead atoms. The highest BCUT2D eigenvalue weighted by atomic mass is 16.5. The molecule has 2 aliphatic rings. The minimum atomic E-state index is 0.0407. The van der Waals surface area contributed by atoms with Crippen molar-refractivity contribution in [3.8, 4) is 0 Å². The Kier molecular flexibility index (Phi) is 4.25. The van der Waals surface area contributed by atoms with E-state index < -0.39 is 0 Å². The molecular formula is C19H25N3O3. The van der Waals surface area contributed by atoms with Crippen LogP contribution in [0.15, 0.2) is 24.3 Å². The molecule has 0 N–H and O–H groups in total. The predicted molar refractivity (Wildman–Crippen MR) is 94.5 cm³/mol. The van der Waals surface area contributed by atoms with Gasteiger partial charge in [-0.25, -0.2) is 0 Å². The number of para-hydroxylation sites is 1. The molecule has 1 spiro atoms. The quantitative estimate of drug-likeness (QED) is 0.858. The van der Waals surface area contributed by atoms with Gasteiger partial charge in [0.1, 0.15) is 0 Å². The summed E-state index contributed by atoms with van der Waals surface area (Å²) in [6.07, 6.45) is 3.22. The molecule has 2 aliphatic heterocycles. The third kappa shape index (κ3) is 2.93. The van der Waals surface area contributed by atoms with Crippen molar-refractivity contribution < 1.29 is 14.3 Å². The number of rotatable bonds is 3. The van der Waals surface area contributed by atoms with Crippen molar-refractivity contribution in [3.05, 3.63) is 30.0 Å². The standard InChI is InChI=1S/C19H25N3O3/c1-21-16-6-4-3-5-15(16)17(20-21)18(23)22-9-7-19(8-10-22)11-14(12-24-2)25-13-19/h3-6,14H,7-13H2,1-2H3/t14-/m0/s1. The molecule has 2 aromatic rings. The molecule has 25 heavy (non-hydrogen) atoms. The van der Waals surface area contributed by atoms with Crippen LogP contribution in [0.4, 0.5) is 0 Å². The van der Waals surface area contributed by atoms with Crippen molar-refractivity contribution in [1.82, 2.24) is 14.7 Å². The largest absolute Gasteiger partial charge is 0.382 e.